The van der Waals surface area contributed by atoms with Crippen LogP contribution < -0.4 is 5.32 Å². The monoisotopic (exact) mass is 222 g/mol. The summed E-state index contributed by atoms with van der Waals surface area (Å²) in [6.45, 7) is 0.860. The van der Waals surface area contributed by atoms with Crippen molar-refractivity contribution < 1.29 is 9.18 Å². The van der Waals surface area contributed by atoms with E-state index in [2.05, 4.69) is 10.3 Å². The molecule has 1 saturated heterocycles. The number of pyridine rings is 1. The van der Waals surface area contributed by atoms with Gasteiger partial charge in [0.1, 0.15) is 5.82 Å². The molecule has 0 bridgehead atoms. The highest BCUT2D eigenvalue weighted by atomic mass is 19.1. The maximum Gasteiger partial charge on any atom is 0.181 e. The molecule has 0 saturated carbocycles. The Balaban J connectivity index is 2.11. The van der Waals surface area contributed by atoms with Gasteiger partial charge in [-0.2, -0.15) is 0 Å². The summed E-state index contributed by atoms with van der Waals surface area (Å²) in [7, 11) is 0. The van der Waals surface area contributed by atoms with Gasteiger partial charge in [0.05, 0.1) is 12.2 Å². The number of hydrogen-bond donors (Lipinski definition) is 1. The third kappa shape index (κ3) is 2.64. The third-order valence-corrected chi connectivity index (χ3v) is 2.87. The molecule has 0 radical (unpaired) electrons. The first kappa shape index (κ1) is 11.2. The van der Waals surface area contributed by atoms with Crippen molar-refractivity contribution in [1.29, 1.82) is 0 Å². The number of Topliss-reactive ketones (excluding diaryl/α,β-unsaturated/α-hetero) is 1. The van der Waals surface area contributed by atoms with E-state index in [0.29, 0.717) is 5.56 Å². The lowest BCUT2D eigenvalue weighted by atomic mass is 10.0. The number of nitrogens with zero attached hydrogens (tertiary/aromatic N) is 1. The average Bonchev–Trinajstić information content (AvgIpc) is 2.56. The molecular weight excluding hydrogens is 207 g/mol. The molecule has 4 heteroatoms. The van der Waals surface area contributed by atoms with Gasteiger partial charge in [-0.25, -0.2) is 4.39 Å². The molecule has 1 aromatic heterocycles. The van der Waals surface area contributed by atoms with Gasteiger partial charge in [0.25, 0.3) is 0 Å². The second-order valence-corrected chi connectivity index (χ2v) is 4.11. The SMILES string of the molecule is O=C(c1cncc(F)c1)C1CCCCCN1. The lowest BCUT2D eigenvalue weighted by Gasteiger charge is -2.13. The molecule has 0 amide bonds. The second-order valence-electron chi connectivity index (χ2n) is 4.11. The Morgan fingerprint density at radius 1 is 1.38 bits per heavy atom. The molecular formula is C12H15FN2O. The fourth-order valence-electron chi connectivity index (χ4n) is 2.00. The van der Waals surface area contributed by atoms with Crippen molar-refractivity contribution >= 4 is 5.78 Å². The molecule has 1 N–H and O–H groups in total. The van der Waals surface area contributed by atoms with E-state index in [0.717, 1.165) is 38.4 Å². The van der Waals surface area contributed by atoms with Gasteiger partial charge < -0.3 is 5.32 Å². The van der Waals surface area contributed by atoms with Crippen molar-refractivity contribution in [2.75, 3.05) is 6.54 Å². The van der Waals surface area contributed by atoms with Crippen LogP contribution in [0.1, 0.15) is 36.0 Å². The minimum Gasteiger partial charge on any atom is -0.307 e. The topological polar surface area (TPSA) is 42.0 Å². The Morgan fingerprint density at radius 3 is 3.06 bits per heavy atom. The Morgan fingerprint density at radius 2 is 2.25 bits per heavy atom. The molecule has 2 heterocycles. The number of hydrogen-bond acceptors (Lipinski definition) is 3. The van der Waals surface area contributed by atoms with Gasteiger partial charge in [-0.05, 0) is 25.5 Å². The number of nitrogens with one attached hydrogen (secondary N) is 1. The number of carbonyl (C=O) groups excluding carboxylic acids is 1. The summed E-state index contributed by atoms with van der Waals surface area (Å²) in [6.07, 6.45) is 6.67. The highest BCUT2D eigenvalue weighted by Gasteiger charge is 2.21. The highest BCUT2D eigenvalue weighted by molar-refractivity contribution is 5.99. The molecule has 1 aromatic rings. The van der Waals surface area contributed by atoms with E-state index < -0.39 is 5.82 Å². The summed E-state index contributed by atoms with van der Waals surface area (Å²) in [5.41, 5.74) is 0.361. The van der Waals surface area contributed by atoms with E-state index in [4.69, 9.17) is 0 Å². The number of ketones is 1. The van der Waals surface area contributed by atoms with Gasteiger partial charge in [-0.3, -0.25) is 9.78 Å². The van der Waals surface area contributed by atoms with Crippen LogP contribution in [0.3, 0.4) is 0 Å². The van der Waals surface area contributed by atoms with Crippen molar-refractivity contribution in [2.45, 2.75) is 31.7 Å². The molecule has 0 spiro atoms. The maximum atomic E-state index is 12.9. The zero-order chi connectivity index (χ0) is 11.4. The van der Waals surface area contributed by atoms with Gasteiger partial charge in [0.2, 0.25) is 0 Å². The van der Waals surface area contributed by atoms with Crippen LogP contribution in [0.5, 0.6) is 0 Å². The summed E-state index contributed by atoms with van der Waals surface area (Å²) in [5, 5.41) is 3.20. The quantitative estimate of drug-likeness (QED) is 0.777. The van der Waals surface area contributed by atoms with Crippen LogP contribution >= 0.6 is 0 Å². The van der Waals surface area contributed by atoms with Crippen molar-refractivity contribution in [1.82, 2.24) is 10.3 Å². The summed E-state index contributed by atoms with van der Waals surface area (Å²) >= 11 is 0. The normalized spacial score (nSPS) is 21.4. The van der Waals surface area contributed by atoms with E-state index in [1.807, 2.05) is 0 Å². The summed E-state index contributed by atoms with van der Waals surface area (Å²) in [4.78, 5) is 15.7. The number of rotatable bonds is 2. The molecule has 1 aliphatic heterocycles. The van der Waals surface area contributed by atoms with Crippen LogP contribution in [0, 0.1) is 5.82 Å². The first-order valence-electron chi connectivity index (χ1n) is 5.65. The minimum absolute atomic E-state index is 0.0473. The Bertz CT molecular complexity index is 373. The van der Waals surface area contributed by atoms with E-state index in [1.165, 1.54) is 12.3 Å². The van der Waals surface area contributed by atoms with E-state index >= 15 is 0 Å². The average molecular weight is 222 g/mol. The van der Waals surface area contributed by atoms with Gasteiger partial charge in [-0.15, -0.1) is 0 Å². The second kappa shape index (κ2) is 5.16. The van der Waals surface area contributed by atoms with Gasteiger partial charge >= 0.3 is 0 Å². The fraction of sp³-hybridized carbons (Fsp3) is 0.500. The zero-order valence-electron chi connectivity index (χ0n) is 9.08. The van der Waals surface area contributed by atoms with Crippen LogP contribution in [-0.2, 0) is 0 Å². The van der Waals surface area contributed by atoms with Crippen LogP contribution in [0.25, 0.3) is 0 Å². The minimum atomic E-state index is -0.459. The van der Waals surface area contributed by atoms with E-state index in [9.17, 15) is 9.18 Å². The highest BCUT2D eigenvalue weighted by Crippen LogP contribution is 2.13. The molecule has 0 aromatic carbocycles. The Labute approximate surface area is 94.1 Å². The zero-order valence-corrected chi connectivity index (χ0v) is 9.08. The molecule has 1 aliphatic rings. The van der Waals surface area contributed by atoms with Gasteiger partial charge in [0.15, 0.2) is 5.78 Å². The number of aromatic nitrogens is 1. The molecule has 2 rings (SSSR count). The summed E-state index contributed by atoms with van der Waals surface area (Å²) in [6, 6.07) is 1.08. The smallest absolute Gasteiger partial charge is 0.181 e. The van der Waals surface area contributed by atoms with Crippen LogP contribution in [-0.4, -0.2) is 23.4 Å². The van der Waals surface area contributed by atoms with E-state index in [-0.39, 0.29) is 11.8 Å². The third-order valence-electron chi connectivity index (χ3n) is 2.87. The number of carbonyl (C=O) groups is 1. The van der Waals surface area contributed by atoms with Crippen molar-refractivity contribution in [3.05, 3.63) is 29.8 Å². The van der Waals surface area contributed by atoms with Crippen LogP contribution in [0.15, 0.2) is 18.5 Å². The van der Waals surface area contributed by atoms with E-state index in [1.54, 1.807) is 0 Å². The Kier molecular flexibility index (Phi) is 3.62. The van der Waals surface area contributed by atoms with Crippen molar-refractivity contribution in [3.63, 3.8) is 0 Å². The molecule has 1 fully saturated rings. The summed E-state index contributed by atoms with van der Waals surface area (Å²) in [5.74, 6) is -0.506. The van der Waals surface area contributed by atoms with Gasteiger partial charge in [0, 0.05) is 11.8 Å². The predicted octanol–water partition coefficient (Wildman–Crippen LogP) is 1.94. The molecule has 86 valence electrons. The standard InChI is InChI=1S/C12H15FN2O/c13-10-6-9(7-14-8-10)12(16)11-4-2-1-3-5-15-11/h6-8,11,15H,1-5H2. The molecule has 0 aliphatic carbocycles. The van der Waals surface area contributed by atoms with Crippen LogP contribution in [0.2, 0.25) is 0 Å². The largest absolute Gasteiger partial charge is 0.307 e. The predicted molar refractivity (Wildman–Crippen MR) is 58.8 cm³/mol. The lowest BCUT2D eigenvalue weighted by molar-refractivity contribution is 0.0940. The lowest BCUT2D eigenvalue weighted by Crippen LogP contribution is -2.36. The molecule has 1 unspecified atom stereocenters. The molecule has 3 nitrogen and oxygen atoms in total. The molecule has 1 atom stereocenters. The van der Waals surface area contributed by atoms with Crippen molar-refractivity contribution in [3.8, 4) is 0 Å². The first-order valence-corrected chi connectivity index (χ1v) is 5.65. The molecule has 16 heavy (non-hydrogen) atoms. The van der Waals surface area contributed by atoms with Crippen LogP contribution in [0.4, 0.5) is 4.39 Å². The number of halogens is 1. The van der Waals surface area contributed by atoms with Crippen molar-refractivity contribution in [2.24, 2.45) is 0 Å². The maximum absolute atomic E-state index is 12.9. The Hall–Kier alpha value is -1.29. The summed E-state index contributed by atoms with van der Waals surface area (Å²) < 4.78 is 12.9. The first-order chi connectivity index (χ1) is 7.77. The van der Waals surface area contributed by atoms with Gasteiger partial charge in [-0.1, -0.05) is 12.8 Å². The fourth-order valence-corrected chi connectivity index (χ4v) is 2.00.